The van der Waals surface area contributed by atoms with Crippen molar-refractivity contribution in [3.63, 3.8) is 0 Å². The van der Waals surface area contributed by atoms with E-state index < -0.39 is 5.91 Å². The number of rotatable bonds is 3. The average molecular weight is 306 g/mol. The van der Waals surface area contributed by atoms with Crippen LogP contribution >= 0.6 is 0 Å². The summed E-state index contributed by atoms with van der Waals surface area (Å²) in [5.41, 5.74) is 6.25. The fourth-order valence-corrected chi connectivity index (χ4v) is 1.71. The van der Waals surface area contributed by atoms with Crippen molar-refractivity contribution >= 4 is 23.1 Å². The van der Waals surface area contributed by atoms with E-state index in [1.165, 1.54) is 18.3 Å². The molecule has 22 heavy (non-hydrogen) atoms. The van der Waals surface area contributed by atoms with Crippen LogP contribution in [0, 0.1) is 0 Å². The number of hydrogen-bond acceptors (Lipinski definition) is 4. The Morgan fingerprint density at radius 3 is 2.45 bits per heavy atom. The molecule has 2 aromatic rings. The first-order valence-electron chi connectivity index (χ1n) is 6.80. The minimum Gasteiger partial charge on any atom is -0.508 e. The highest BCUT2D eigenvalue weighted by molar-refractivity contribution is 6.06. The van der Waals surface area contributed by atoms with Gasteiger partial charge in [-0.05, 0) is 39.0 Å². The summed E-state index contributed by atoms with van der Waals surface area (Å²) in [6.07, 6.45) is 2.25. The lowest BCUT2D eigenvalue weighted by molar-refractivity contribution is -0.108. The number of methoxy groups -OCH3 is 1. The summed E-state index contributed by atoms with van der Waals surface area (Å²) in [5, 5.41) is 9.90. The lowest BCUT2D eigenvalue weighted by Crippen LogP contribution is -2.15. The highest BCUT2D eigenvalue weighted by Crippen LogP contribution is 2.25. The first kappa shape index (κ1) is 17.7. The van der Waals surface area contributed by atoms with Crippen LogP contribution in [0.2, 0.25) is 0 Å². The number of benzene rings is 1. The highest BCUT2D eigenvalue weighted by Gasteiger charge is 2.12. The van der Waals surface area contributed by atoms with Crippen LogP contribution in [-0.2, 0) is 16.1 Å². The fraction of sp³-hybridized carbons (Fsp3) is 0.375. The first-order valence-corrected chi connectivity index (χ1v) is 6.80. The molecule has 1 aromatic carbocycles. The molecule has 0 aliphatic heterocycles. The van der Waals surface area contributed by atoms with E-state index in [0.29, 0.717) is 16.5 Å². The highest BCUT2D eigenvalue weighted by atomic mass is 16.5. The average Bonchev–Trinajstić information content (AvgIpc) is 2.77. The predicted octanol–water partition coefficient (Wildman–Crippen LogP) is 2.08. The number of phenols is 1. The van der Waals surface area contributed by atoms with Gasteiger partial charge in [-0.15, -0.1) is 0 Å². The number of phenolic OH excluding ortho intramolecular Hbond substituents is 1. The molecule has 1 heterocycles. The molecule has 0 radical (unpaired) electrons. The molecule has 0 saturated carbocycles. The fourth-order valence-electron chi connectivity index (χ4n) is 1.71. The number of aldehydes is 1. The van der Waals surface area contributed by atoms with Gasteiger partial charge in [-0.1, -0.05) is 0 Å². The van der Waals surface area contributed by atoms with Crippen molar-refractivity contribution in [2.75, 3.05) is 7.11 Å². The molecule has 0 bridgehead atoms. The number of amides is 1. The van der Waals surface area contributed by atoms with Crippen LogP contribution in [0.5, 0.6) is 5.75 Å². The Hall–Kier alpha value is -2.34. The lowest BCUT2D eigenvalue weighted by atomic mass is 10.1. The van der Waals surface area contributed by atoms with E-state index in [0.717, 1.165) is 6.29 Å². The van der Waals surface area contributed by atoms with E-state index in [-0.39, 0.29) is 17.9 Å². The Kier molecular flexibility index (Phi) is 5.70. The van der Waals surface area contributed by atoms with Crippen molar-refractivity contribution in [3.05, 3.63) is 30.0 Å². The third-order valence-electron chi connectivity index (χ3n) is 3.01. The van der Waals surface area contributed by atoms with Gasteiger partial charge < -0.3 is 24.9 Å². The third-order valence-corrected chi connectivity index (χ3v) is 3.01. The SMILES string of the molecule is COC(C)(C)C.NC(=O)c1cn(CC=O)c2ccc(O)cc12. The van der Waals surface area contributed by atoms with Gasteiger partial charge in [0.05, 0.1) is 17.7 Å². The number of fused-ring (bicyclic) bond motifs is 1. The number of hydrogen-bond donors (Lipinski definition) is 2. The molecule has 3 N–H and O–H groups in total. The second-order valence-corrected chi connectivity index (χ2v) is 5.74. The number of aromatic nitrogens is 1. The smallest absolute Gasteiger partial charge is 0.250 e. The summed E-state index contributed by atoms with van der Waals surface area (Å²) in [6.45, 7) is 6.21. The minimum atomic E-state index is -0.583. The van der Waals surface area contributed by atoms with Gasteiger partial charge in [0.15, 0.2) is 0 Å². The van der Waals surface area contributed by atoms with E-state index in [2.05, 4.69) is 0 Å². The Balaban J connectivity index is 0.000000346. The van der Waals surface area contributed by atoms with Crippen LogP contribution in [0.25, 0.3) is 10.9 Å². The van der Waals surface area contributed by atoms with E-state index in [4.69, 9.17) is 10.5 Å². The Bertz CT molecular complexity index is 669. The van der Waals surface area contributed by atoms with Crippen LogP contribution < -0.4 is 5.73 Å². The van der Waals surface area contributed by atoms with Gasteiger partial charge in [0.25, 0.3) is 5.91 Å². The largest absolute Gasteiger partial charge is 0.508 e. The molecule has 6 nitrogen and oxygen atoms in total. The lowest BCUT2D eigenvalue weighted by Gasteiger charge is -2.14. The van der Waals surface area contributed by atoms with Gasteiger partial charge in [0, 0.05) is 24.2 Å². The topological polar surface area (TPSA) is 94.5 Å². The molecular weight excluding hydrogens is 284 g/mol. The molecule has 0 fully saturated rings. The van der Waals surface area contributed by atoms with Crippen LogP contribution in [0.15, 0.2) is 24.4 Å². The maximum atomic E-state index is 11.2. The number of aromatic hydroxyl groups is 1. The number of carbonyl (C=O) groups excluding carboxylic acids is 2. The van der Waals surface area contributed by atoms with Crippen LogP contribution in [0.1, 0.15) is 31.1 Å². The van der Waals surface area contributed by atoms with Crippen molar-refractivity contribution < 1.29 is 19.4 Å². The molecule has 0 aliphatic rings. The second-order valence-electron chi connectivity index (χ2n) is 5.74. The van der Waals surface area contributed by atoms with Crippen LogP contribution in [0.3, 0.4) is 0 Å². The third kappa shape index (κ3) is 4.60. The summed E-state index contributed by atoms with van der Waals surface area (Å²) in [6, 6.07) is 4.59. The number of carbonyl (C=O) groups is 2. The number of primary amides is 1. The van der Waals surface area contributed by atoms with Crippen molar-refractivity contribution in [1.29, 1.82) is 0 Å². The molecule has 1 aromatic heterocycles. The zero-order chi connectivity index (χ0) is 16.9. The molecule has 6 heteroatoms. The number of nitrogens with zero attached hydrogens (tertiary/aromatic N) is 1. The molecule has 0 spiro atoms. The Morgan fingerprint density at radius 1 is 1.41 bits per heavy atom. The van der Waals surface area contributed by atoms with E-state index in [1.54, 1.807) is 17.7 Å². The summed E-state index contributed by atoms with van der Waals surface area (Å²) < 4.78 is 6.55. The van der Waals surface area contributed by atoms with Gasteiger partial charge in [-0.2, -0.15) is 0 Å². The minimum absolute atomic E-state index is 0.0417. The number of ether oxygens (including phenoxy) is 1. The normalized spacial score (nSPS) is 10.9. The summed E-state index contributed by atoms with van der Waals surface area (Å²) in [5.74, 6) is -0.529. The summed E-state index contributed by atoms with van der Waals surface area (Å²) in [7, 11) is 1.71. The standard InChI is InChI=1S/C11H10N2O3.C5H12O/c12-11(16)9-6-13(3-4-14)10-2-1-7(15)5-8(9)10;1-5(2,3)6-4/h1-2,4-6,15H,3H2,(H2,12,16);1-4H3. The Labute approximate surface area is 129 Å². The first-order chi connectivity index (χ1) is 10.2. The molecule has 120 valence electrons. The second kappa shape index (κ2) is 7.09. The monoisotopic (exact) mass is 306 g/mol. The Morgan fingerprint density at radius 2 is 2.00 bits per heavy atom. The molecule has 0 saturated heterocycles. The van der Waals surface area contributed by atoms with Gasteiger partial charge in [-0.3, -0.25) is 4.79 Å². The van der Waals surface area contributed by atoms with Gasteiger partial charge in [0.1, 0.15) is 12.0 Å². The number of nitrogens with two attached hydrogens (primary N) is 1. The molecular formula is C16H22N2O4. The van der Waals surface area contributed by atoms with Gasteiger partial charge >= 0.3 is 0 Å². The zero-order valence-electron chi connectivity index (χ0n) is 13.3. The van der Waals surface area contributed by atoms with Gasteiger partial charge in [0.2, 0.25) is 0 Å². The molecule has 2 rings (SSSR count). The van der Waals surface area contributed by atoms with E-state index in [9.17, 15) is 14.7 Å². The quantitative estimate of drug-likeness (QED) is 0.849. The van der Waals surface area contributed by atoms with E-state index >= 15 is 0 Å². The summed E-state index contributed by atoms with van der Waals surface area (Å²) in [4.78, 5) is 21.7. The zero-order valence-corrected chi connectivity index (χ0v) is 13.3. The summed E-state index contributed by atoms with van der Waals surface area (Å²) >= 11 is 0. The molecule has 0 unspecified atom stereocenters. The van der Waals surface area contributed by atoms with Crippen molar-refractivity contribution in [2.24, 2.45) is 5.73 Å². The maximum Gasteiger partial charge on any atom is 0.250 e. The van der Waals surface area contributed by atoms with Crippen LogP contribution in [-0.4, -0.2) is 34.6 Å². The molecule has 0 aliphatic carbocycles. The van der Waals surface area contributed by atoms with Crippen molar-refractivity contribution in [3.8, 4) is 5.75 Å². The van der Waals surface area contributed by atoms with Gasteiger partial charge in [-0.25, -0.2) is 0 Å². The predicted molar refractivity (Wildman–Crippen MR) is 84.9 cm³/mol. The van der Waals surface area contributed by atoms with Crippen LogP contribution in [0.4, 0.5) is 0 Å². The van der Waals surface area contributed by atoms with E-state index in [1.807, 2.05) is 20.8 Å². The molecule has 0 atom stereocenters. The molecule has 1 amide bonds. The maximum absolute atomic E-state index is 11.2. The van der Waals surface area contributed by atoms with Crippen molar-refractivity contribution in [2.45, 2.75) is 32.9 Å². The van der Waals surface area contributed by atoms with Crippen molar-refractivity contribution in [1.82, 2.24) is 4.57 Å².